The van der Waals surface area contributed by atoms with Crippen LogP contribution in [0, 0.1) is 47.7 Å². The summed E-state index contributed by atoms with van der Waals surface area (Å²) in [6, 6.07) is 13.0. The Bertz CT molecular complexity index is 1600. The van der Waals surface area contributed by atoms with Crippen LogP contribution in [-0.2, 0) is 0 Å². The largest absolute Gasteiger partial charge is 0.493 e. The van der Waals surface area contributed by atoms with E-state index in [-0.39, 0.29) is 70.8 Å². The van der Waals surface area contributed by atoms with Crippen molar-refractivity contribution in [3.05, 3.63) is 114 Å². The van der Waals surface area contributed by atoms with Crippen molar-refractivity contribution in [1.82, 2.24) is 0 Å². The molecule has 4 aromatic carbocycles. The Labute approximate surface area is 246 Å². The Morgan fingerprint density at radius 2 is 1.12 bits per heavy atom. The molecule has 0 radical (unpaired) electrons. The smallest absolute Gasteiger partial charge is 0.201 e. The minimum Gasteiger partial charge on any atom is -0.493 e. The first-order chi connectivity index (χ1) is 20.6. The third-order valence-electron chi connectivity index (χ3n) is 6.93. The summed E-state index contributed by atoms with van der Waals surface area (Å²) >= 11 is 0. The van der Waals surface area contributed by atoms with Crippen LogP contribution in [0.5, 0.6) is 17.2 Å². The van der Waals surface area contributed by atoms with Gasteiger partial charge in [0.25, 0.3) is 0 Å². The van der Waals surface area contributed by atoms with Gasteiger partial charge in [-0.05, 0) is 74.6 Å². The third kappa shape index (κ3) is 7.34. The lowest BCUT2D eigenvalue weighted by Gasteiger charge is -2.15. The van der Waals surface area contributed by atoms with Gasteiger partial charge in [-0.2, -0.15) is 4.39 Å². The second kappa shape index (κ2) is 14.2. The quantitative estimate of drug-likeness (QED) is 0.113. The van der Waals surface area contributed by atoms with E-state index < -0.39 is 34.9 Å². The number of benzene rings is 4. The zero-order valence-electron chi connectivity index (χ0n) is 23.7. The van der Waals surface area contributed by atoms with Gasteiger partial charge in [-0.1, -0.05) is 18.2 Å². The molecule has 43 heavy (non-hydrogen) atoms. The van der Waals surface area contributed by atoms with Gasteiger partial charge in [-0.25, -0.2) is 22.0 Å². The molecule has 0 heterocycles. The predicted octanol–water partition coefficient (Wildman–Crippen LogP) is 9.60. The van der Waals surface area contributed by atoms with Crippen LogP contribution in [0.15, 0.2) is 73.3 Å². The molecular formula is C34H30F6O3. The van der Waals surface area contributed by atoms with Crippen molar-refractivity contribution in [1.29, 1.82) is 0 Å². The normalized spacial score (nSPS) is 11.7. The lowest BCUT2D eigenvalue weighted by atomic mass is 10.0. The van der Waals surface area contributed by atoms with Crippen molar-refractivity contribution in [2.24, 2.45) is 5.92 Å². The van der Waals surface area contributed by atoms with E-state index in [9.17, 15) is 26.3 Å². The number of hydrogen-bond donors (Lipinski definition) is 0. The molecule has 0 aliphatic carbocycles. The molecule has 0 bridgehead atoms. The SMILES string of the molecule is C=CC(CCOc1ccc(-c2ccc(C)c(F)c2F)c(F)c1)CCOc1ccc(-c2ccc(OCC)c(F)c2F)c(F)c1. The van der Waals surface area contributed by atoms with Gasteiger partial charge in [0.2, 0.25) is 5.82 Å². The van der Waals surface area contributed by atoms with E-state index in [2.05, 4.69) is 6.58 Å². The molecule has 0 aromatic heterocycles. The summed E-state index contributed by atoms with van der Waals surface area (Å²) in [5, 5.41) is 0. The van der Waals surface area contributed by atoms with Gasteiger partial charge in [0.15, 0.2) is 23.2 Å². The molecule has 0 saturated carbocycles. The van der Waals surface area contributed by atoms with Crippen molar-refractivity contribution < 1.29 is 40.6 Å². The first kappa shape index (κ1) is 31.5. The van der Waals surface area contributed by atoms with Crippen molar-refractivity contribution in [3.8, 4) is 39.5 Å². The summed E-state index contributed by atoms with van der Waals surface area (Å²) in [6.45, 7) is 7.47. The number of ether oxygens (including phenoxy) is 3. The van der Waals surface area contributed by atoms with Crippen LogP contribution in [0.4, 0.5) is 26.3 Å². The maximum absolute atomic E-state index is 14.8. The molecule has 3 nitrogen and oxygen atoms in total. The molecule has 1 unspecified atom stereocenters. The molecule has 9 heteroatoms. The maximum atomic E-state index is 14.8. The summed E-state index contributed by atoms with van der Waals surface area (Å²) in [4.78, 5) is 0. The van der Waals surface area contributed by atoms with Gasteiger partial charge in [0, 0.05) is 34.4 Å². The Morgan fingerprint density at radius 3 is 1.60 bits per heavy atom. The lowest BCUT2D eigenvalue weighted by molar-refractivity contribution is 0.255. The lowest BCUT2D eigenvalue weighted by Crippen LogP contribution is -2.09. The van der Waals surface area contributed by atoms with Crippen LogP contribution in [0.25, 0.3) is 22.3 Å². The topological polar surface area (TPSA) is 27.7 Å². The molecule has 0 saturated heterocycles. The highest BCUT2D eigenvalue weighted by Crippen LogP contribution is 2.33. The first-order valence-electron chi connectivity index (χ1n) is 13.7. The fourth-order valence-electron chi connectivity index (χ4n) is 4.51. The fourth-order valence-corrected chi connectivity index (χ4v) is 4.51. The summed E-state index contributed by atoms with van der Waals surface area (Å²) in [5.41, 5.74) is -0.476. The van der Waals surface area contributed by atoms with E-state index in [0.29, 0.717) is 12.8 Å². The molecule has 0 fully saturated rings. The number of aryl methyl sites for hydroxylation is 1. The van der Waals surface area contributed by atoms with Crippen LogP contribution in [0.2, 0.25) is 0 Å². The second-order valence-corrected chi connectivity index (χ2v) is 9.78. The van der Waals surface area contributed by atoms with E-state index in [1.54, 1.807) is 13.0 Å². The van der Waals surface area contributed by atoms with Crippen molar-refractivity contribution in [3.63, 3.8) is 0 Å². The van der Waals surface area contributed by atoms with Crippen LogP contribution in [0.1, 0.15) is 25.3 Å². The van der Waals surface area contributed by atoms with Gasteiger partial charge in [-0.3, -0.25) is 0 Å². The monoisotopic (exact) mass is 600 g/mol. The number of halogens is 6. The molecular weight excluding hydrogens is 570 g/mol. The average Bonchev–Trinajstić information content (AvgIpc) is 2.99. The summed E-state index contributed by atoms with van der Waals surface area (Å²) in [7, 11) is 0. The average molecular weight is 601 g/mol. The van der Waals surface area contributed by atoms with E-state index in [4.69, 9.17) is 14.2 Å². The predicted molar refractivity (Wildman–Crippen MR) is 153 cm³/mol. The highest BCUT2D eigenvalue weighted by molar-refractivity contribution is 5.67. The zero-order chi connectivity index (χ0) is 31.1. The molecule has 0 aliphatic rings. The highest BCUT2D eigenvalue weighted by Gasteiger charge is 2.19. The second-order valence-electron chi connectivity index (χ2n) is 9.78. The van der Waals surface area contributed by atoms with Gasteiger partial charge in [0.1, 0.15) is 23.1 Å². The Balaban J connectivity index is 1.29. The van der Waals surface area contributed by atoms with E-state index in [1.165, 1.54) is 55.5 Å². The first-order valence-corrected chi connectivity index (χ1v) is 13.7. The van der Waals surface area contributed by atoms with Crippen molar-refractivity contribution in [2.45, 2.75) is 26.7 Å². The minimum absolute atomic E-state index is 0.0428. The number of rotatable bonds is 13. The minimum atomic E-state index is -1.20. The Hall–Kier alpha value is -4.40. The van der Waals surface area contributed by atoms with Gasteiger partial charge in [0.05, 0.1) is 19.8 Å². The summed E-state index contributed by atoms with van der Waals surface area (Å²) in [5.74, 6) is -5.89. The number of allylic oxidation sites excluding steroid dienone is 1. The van der Waals surface area contributed by atoms with Gasteiger partial charge >= 0.3 is 0 Å². The molecule has 1 atom stereocenters. The van der Waals surface area contributed by atoms with Crippen molar-refractivity contribution >= 4 is 0 Å². The standard InChI is InChI=1S/C34H30F6O3/c1-4-21(14-16-42-22-7-10-24(28(35)18-22)26-9-6-20(3)31(37)32(26)38)15-17-43-23-8-11-25(29(36)19-23)27-12-13-30(41-5-2)34(40)33(27)39/h4,6-13,18-19,21H,1,5,14-17H2,2-3H3. The van der Waals surface area contributed by atoms with E-state index >= 15 is 0 Å². The van der Waals surface area contributed by atoms with Gasteiger partial charge < -0.3 is 14.2 Å². The molecule has 4 rings (SSSR count). The van der Waals surface area contributed by atoms with E-state index in [0.717, 1.165) is 12.1 Å². The molecule has 4 aromatic rings. The number of hydrogen-bond acceptors (Lipinski definition) is 3. The molecule has 0 N–H and O–H groups in total. The highest BCUT2D eigenvalue weighted by atomic mass is 19.2. The van der Waals surface area contributed by atoms with Crippen molar-refractivity contribution in [2.75, 3.05) is 19.8 Å². The fraction of sp³-hybridized carbons (Fsp3) is 0.235. The van der Waals surface area contributed by atoms with Crippen LogP contribution >= 0.6 is 0 Å². The zero-order valence-corrected chi connectivity index (χ0v) is 23.7. The summed E-state index contributed by atoms with van der Waals surface area (Å²) < 4.78 is 103. The van der Waals surface area contributed by atoms with Crippen LogP contribution in [0.3, 0.4) is 0 Å². The van der Waals surface area contributed by atoms with Gasteiger partial charge in [-0.15, -0.1) is 6.58 Å². The van der Waals surface area contributed by atoms with Crippen LogP contribution in [-0.4, -0.2) is 19.8 Å². The Kier molecular flexibility index (Phi) is 10.4. The third-order valence-corrected chi connectivity index (χ3v) is 6.93. The Morgan fingerprint density at radius 1 is 0.628 bits per heavy atom. The molecule has 0 amide bonds. The molecule has 226 valence electrons. The molecule has 0 aliphatic heterocycles. The maximum Gasteiger partial charge on any atom is 0.201 e. The van der Waals surface area contributed by atoms with E-state index in [1.807, 2.05) is 0 Å². The summed E-state index contributed by atoms with van der Waals surface area (Å²) in [6.07, 6.45) is 2.75. The molecule has 0 spiro atoms. The van der Waals surface area contributed by atoms with Crippen LogP contribution < -0.4 is 14.2 Å².